The fourth-order valence-corrected chi connectivity index (χ4v) is 3.02. The van der Waals surface area contributed by atoms with Gasteiger partial charge in [-0.05, 0) is 48.9 Å². The van der Waals surface area contributed by atoms with Gasteiger partial charge in [-0.25, -0.2) is 0 Å². The van der Waals surface area contributed by atoms with E-state index in [0.717, 1.165) is 25.9 Å². The molecule has 1 aromatic rings. The van der Waals surface area contributed by atoms with Crippen LogP contribution in [0, 0.1) is 0 Å². The monoisotopic (exact) mass is 229 g/mol. The molecule has 17 heavy (non-hydrogen) atoms. The van der Waals surface area contributed by atoms with Crippen molar-refractivity contribution >= 4 is 5.78 Å². The van der Waals surface area contributed by atoms with Gasteiger partial charge in [0, 0.05) is 13.0 Å². The first-order valence-corrected chi connectivity index (χ1v) is 6.66. The highest BCUT2D eigenvalue weighted by atomic mass is 16.1. The minimum Gasteiger partial charge on any atom is -0.298 e. The molecule has 0 amide bonds. The lowest BCUT2D eigenvalue weighted by Crippen LogP contribution is -2.34. The minimum absolute atomic E-state index is 0.400. The summed E-state index contributed by atoms with van der Waals surface area (Å²) in [7, 11) is 0. The predicted molar refractivity (Wildman–Crippen MR) is 68.0 cm³/mol. The molecule has 0 aromatic heterocycles. The zero-order valence-corrected chi connectivity index (χ0v) is 10.2. The fraction of sp³-hybridized carbons (Fsp3) is 0.533. The SMILES string of the molecule is O=C1CCCN(Cc2ccc3c(c2)CCC3)C1. The van der Waals surface area contributed by atoms with E-state index in [0.29, 0.717) is 12.3 Å². The first-order valence-electron chi connectivity index (χ1n) is 6.66. The van der Waals surface area contributed by atoms with Gasteiger partial charge in [0.25, 0.3) is 0 Å². The van der Waals surface area contributed by atoms with Gasteiger partial charge in [0.15, 0.2) is 0 Å². The summed E-state index contributed by atoms with van der Waals surface area (Å²) >= 11 is 0. The van der Waals surface area contributed by atoms with Crippen LogP contribution in [0.4, 0.5) is 0 Å². The Morgan fingerprint density at radius 3 is 2.82 bits per heavy atom. The lowest BCUT2D eigenvalue weighted by Gasteiger charge is -2.25. The molecule has 2 nitrogen and oxygen atoms in total. The van der Waals surface area contributed by atoms with Crippen molar-refractivity contribution < 1.29 is 4.79 Å². The largest absolute Gasteiger partial charge is 0.298 e. The molecule has 0 saturated carbocycles. The Kier molecular flexibility index (Phi) is 2.98. The van der Waals surface area contributed by atoms with Crippen molar-refractivity contribution in [1.82, 2.24) is 4.90 Å². The molecule has 1 aromatic carbocycles. The van der Waals surface area contributed by atoms with Gasteiger partial charge in [-0.2, -0.15) is 0 Å². The highest BCUT2D eigenvalue weighted by molar-refractivity contribution is 5.81. The van der Waals surface area contributed by atoms with E-state index in [2.05, 4.69) is 23.1 Å². The Bertz CT molecular complexity index is 439. The first kappa shape index (κ1) is 11.0. The van der Waals surface area contributed by atoms with Gasteiger partial charge in [0.1, 0.15) is 5.78 Å². The highest BCUT2D eigenvalue weighted by Gasteiger charge is 2.17. The quantitative estimate of drug-likeness (QED) is 0.776. The Labute approximate surface area is 103 Å². The van der Waals surface area contributed by atoms with Crippen LogP contribution in [0.15, 0.2) is 18.2 Å². The third-order valence-electron chi connectivity index (χ3n) is 3.90. The molecule has 1 aliphatic heterocycles. The summed E-state index contributed by atoms with van der Waals surface area (Å²) in [6.45, 7) is 2.67. The number of rotatable bonds is 2. The van der Waals surface area contributed by atoms with Gasteiger partial charge in [-0.3, -0.25) is 9.69 Å². The number of nitrogens with zero attached hydrogens (tertiary/aromatic N) is 1. The lowest BCUT2D eigenvalue weighted by molar-refractivity contribution is -0.122. The number of likely N-dealkylation sites (tertiary alicyclic amines) is 1. The molecule has 0 N–H and O–H groups in total. The molecule has 0 atom stereocenters. The molecule has 2 heteroatoms. The molecular formula is C15H19NO. The van der Waals surface area contributed by atoms with Crippen molar-refractivity contribution in [2.45, 2.75) is 38.6 Å². The van der Waals surface area contributed by atoms with Gasteiger partial charge in [0.05, 0.1) is 6.54 Å². The number of carbonyl (C=O) groups is 1. The zero-order valence-electron chi connectivity index (χ0n) is 10.2. The molecule has 90 valence electrons. The fourth-order valence-electron chi connectivity index (χ4n) is 3.02. The second-order valence-electron chi connectivity index (χ2n) is 5.31. The predicted octanol–water partition coefficient (Wildman–Crippen LogP) is 2.34. The van der Waals surface area contributed by atoms with E-state index in [4.69, 9.17) is 0 Å². The van der Waals surface area contributed by atoms with E-state index in [-0.39, 0.29) is 0 Å². The van der Waals surface area contributed by atoms with E-state index in [9.17, 15) is 4.79 Å². The van der Waals surface area contributed by atoms with Crippen LogP contribution in [0.2, 0.25) is 0 Å². The molecule has 0 unspecified atom stereocenters. The smallest absolute Gasteiger partial charge is 0.146 e. The molecule has 1 saturated heterocycles. The summed E-state index contributed by atoms with van der Waals surface area (Å²) in [5.74, 6) is 0.400. The number of Topliss-reactive ketones (excluding diaryl/α,β-unsaturated/α-hetero) is 1. The third kappa shape index (κ3) is 2.42. The van der Waals surface area contributed by atoms with E-state index < -0.39 is 0 Å². The molecule has 1 heterocycles. The summed E-state index contributed by atoms with van der Waals surface area (Å²) < 4.78 is 0. The average Bonchev–Trinajstić information content (AvgIpc) is 2.76. The second-order valence-corrected chi connectivity index (χ2v) is 5.31. The Morgan fingerprint density at radius 2 is 1.94 bits per heavy atom. The van der Waals surface area contributed by atoms with Crippen LogP contribution in [0.3, 0.4) is 0 Å². The average molecular weight is 229 g/mol. The third-order valence-corrected chi connectivity index (χ3v) is 3.90. The Hall–Kier alpha value is -1.15. The summed E-state index contributed by atoms with van der Waals surface area (Å²) in [5.41, 5.74) is 4.44. The maximum atomic E-state index is 11.4. The molecule has 0 radical (unpaired) electrons. The number of hydrogen-bond donors (Lipinski definition) is 0. The molecular weight excluding hydrogens is 210 g/mol. The van der Waals surface area contributed by atoms with Crippen molar-refractivity contribution in [2.24, 2.45) is 0 Å². The van der Waals surface area contributed by atoms with Crippen LogP contribution in [0.1, 0.15) is 36.0 Å². The van der Waals surface area contributed by atoms with Crippen LogP contribution >= 0.6 is 0 Å². The number of aryl methyl sites for hydroxylation is 2. The number of hydrogen-bond acceptors (Lipinski definition) is 2. The molecule has 3 rings (SSSR count). The number of carbonyl (C=O) groups excluding carboxylic acids is 1. The Balaban J connectivity index is 1.70. The standard InChI is InChI=1S/C15H19NO/c17-15-5-2-8-16(11-15)10-12-6-7-13-3-1-4-14(13)9-12/h6-7,9H,1-5,8,10-11H2. The maximum Gasteiger partial charge on any atom is 0.146 e. The summed E-state index contributed by atoms with van der Waals surface area (Å²) in [6.07, 6.45) is 5.60. The van der Waals surface area contributed by atoms with Crippen LogP contribution in [-0.2, 0) is 24.2 Å². The number of fused-ring (bicyclic) bond motifs is 1. The van der Waals surface area contributed by atoms with E-state index in [1.54, 1.807) is 0 Å². The Morgan fingerprint density at radius 1 is 1.06 bits per heavy atom. The lowest BCUT2D eigenvalue weighted by atomic mass is 10.0. The molecule has 0 bridgehead atoms. The van der Waals surface area contributed by atoms with Crippen molar-refractivity contribution in [3.05, 3.63) is 34.9 Å². The van der Waals surface area contributed by atoms with Crippen LogP contribution < -0.4 is 0 Å². The van der Waals surface area contributed by atoms with Gasteiger partial charge in [-0.1, -0.05) is 18.2 Å². The van der Waals surface area contributed by atoms with E-state index in [1.807, 2.05) is 0 Å². The molecule has 1 aliphatic carbocycles. The normalized spacial score (nSPS) is 20.6. The van der Waals surface area contributed by atoms with Crippen LogP contribution in [0.25, 0.3) is 0 Å². The van der Waals surface area contributed by atoms with Gasteiger partial charge < -0.3 is 0 Å². The van der Waals surface area contributed by atoms with Crippen LogP contribution in [0.5, 0.6) is 0 Å². The van der Waals surface area contributed by atoms with E-state index >= 15 is 0 Å². The van der Waals surface area contributed by atoms with Gasteiger partial charge in [0.2, 0.25) is 0 Å². The van der Waals surface area contributed by atoms with Crippen LogP contribution in [-0.4, -0.2) is 23.8 Å². The van der Waals surface area contributed by atoms with E-state index in [1.165, 1.54) is 36.0 Å². The number of benzene rings is 1. The number of piperidine rings is 1. The summed E-state index contributed by atoms with van der Waals surface area (Å²) in [6, 6.07) is 6.87. The summed E-state index contributed by atoms with van der Waals surface area (Å²) in [5, 5.41) is 0. The molecule has 0 spiro atoms. The zero-order chi connectivity index (χ0) is 11.7. The highest BCUT2D eigenvalue weighted by Crippen LogP contribution is 2.23. The van der Waals surface area contributed by atoms with Crippen molar-refractivity contribution in [2.75, 3.05) is 13.1 Å². The first-order chi connectivity index (χ1) is 8.31. The second kappa shape index (κ2) is 4.61. The summed E-state index contributed by atoms with van der Waals surface area (Å²) in [4.78, 5) is 13.7. The topological polar surface area (TPSA) is 20.3 Å². The number of ketones is 1. The van der Waals surface area contributed by atoms with Crippen molar-refractivity contribution in [3.8, 4) is 0 Å². The van der Waals surface area contributed by atoms with Gasteiger partial charge >= 0.3 is 0 Å². The maximum absolute atomic E-state index is 11.4. The van der Waals surface area contributed by atoms with Gasteiger partial charge in [-0.15, -0.1) is 0 Å². The molecule has 2 aliphatic rings. The minimum atomic E-state index is 0.400. The van der Waals surface area contributed by atoms with Crippen molar-refractivity contribution in [1.29, 1.82) is 0 Å². The van der Waals surface area contributed by atoms with Crippen molar-refractivity contribution in [3.63, 3.8) is 0 Å². The molecule has 1 fully saturated rings.